The fourth-order valence-corrected chi connectivity index (χ4v) is 2.64. The summed E-state index contributed by atoms with van der Waals surface area (Å²) in [6.45, 7) is 13.3. The van der Waals surface area contributed by atoms with Crippen LogP contribution in [0.25, 0.3) is 0 Å². The average Bonchev–Trinajstić information content (AvgIpc) is 2.48. The van der Waals surface area contributed by atoms with Crippen LogP contribution >= 0.6 is 0 Å². The molecule has 0 N–H and O–H groups in total. The van der Waals surface area contributed by atoms with Crippen molar-refractivity contribution >= 4 is 0 Å². The molecule has 1 fully saturated rings. The van der Waals surface area contributed by atoms with Gasteiger partial charge in [-0.1, -0.05) is 32.4 Å². The Balaban J connectivity index is 0.00000116. The molecule has 0 amide bonds. The van der Waals surface area contributed by atoms with Crippen LogP contribution in [0, 0.1) is 6.92 Å². The van der Waals surface area contributed by atoms with Gasteiger partial charge in [0.2, 0.25) is 0 Å². The van der Waals surface area contributed by atoms with E-state index < -0.39 is 11.7 Å². The van der Waals surface area contributed by atoms with Crippen LogP contribution in [0.15, 0.2) is 18.2 Å². The summed E-state index contributed by atoms with van der Waals surface area (Å²) in [5.74, 6) is 0. The number of halogens is 3. The normalized spacial score (nSPS) is 17.0. The van der Waals surface area contributed by atoms with Crippen molar-refractivity contribution in [3.05, 3.63) is 34.9 Å². The van der Waals surface area contributed by atoms with Gasteiger partial charge in [0, 0.05) is 32.7 Å². The lowest BCUT2D eigenvalue weighted by Gasteiger charge is -2.34. The quantitative estimate of drug-likeness (QED) is 0.825. The summed E-state index contributed by atoms with van der Waals surface area (Å²) in [6.07, 6.45) is -4.26. The van der Waals surface area contributed by atoms with Crippen molar-refractivity contribution in [1.82, 2.24) is 9.80 Å². The first-order valence-corrected chi connectivity index (χ1v) is 8.01. The first kappa shape index (κ1) is 19.0. The number of hydrogen-bond acceptors (Lipinski definition) is 2. The van der Waals surface area contributed by atoms with Gasteiger partial charge in [-0.2, -0.15) is 13.2 Å². The number of aryl methyl sites for hydroxylation is 1. The minimum Gasteiger partial charge on any atom is -0.301 e. The zero-order chi connectivity index (χ0) is 16.8. The van der Waals surface area contributed by atoms with Gasteiger partial charge in [-0.25, -0.2) is 0 Å². The molecular formula is C17H27F3N2. The van der Waals surface area contributed by atoms with E-state index in [1.807, 2.05) is 19.9 Å². The highest BCUT2D eigenvalue weighted by Crippen LogP contribution is 2.30. The minimum absolute atomic E-state index is 0.542. The second-order valence-corrected chi connectivity index (χ2v) is 5.42. The van der Waals surface area contributed by atoms with Crippen LogP contribution in [0.5, 0.6) is 0 Å². The average molecular weight is 316 g/mol. The Morgan fingerprint density at radius 3 is 2.00 bits per heavy atom. The molecule has 0 saturated carbocycles. The summed E-state index contributed by atoms with van der Waals surface area (Å²) >= 11 is 0. The van der Waals surface area contributed by atoms with Gasteiger partial charge in [-0.05, 0) is 31.2 Å². The third kappa shape index (κ3) is 5.61. The molecule has 1 aromatic carbocycles. The number of alkyl halides is 3. The van der Waals surface area contributed by atoms with E-state index in [-0.39, 0.29) is 0 Å². The van der Waals surface area contributed by atoms with Gasteiger partial charge in [0.05, 0.1) is 5.56 Å². The van der Waals surface area contributed by atoms with Crippen molar-refractivity contribution in [2.24, 2.45) is 0 Å². The van der Waals surface area contributed by atoms with Crippen molar-refractivity contribution in [3.63, 3.8) is 0 Å². The molecule has 126 valence electrons. The van der Waals surface area contributed by atoms with Gasteiger partial charge in [0.25, 0.3) is 0 Å². The Kier molecular flexibility index (Phi) is 7.36. The summed E-state index contributed by atoms with van der Waals surface area (Å²) in [6, 6.07) is 4.33. The van der Waals surface area contributed by atoms with Gasteiger partial charge in [-0.3, -0.25) is 4.90 Å². The summed E-state index contributed by atoms with van der Waals surface area (Å²) in [7, 11) is 0. The zero-order valence-electron chi connectivity index (χ0n) is 14.0. The molecule has 1 heterocycles. The lowest BCUT2D eigenvalue weighted by Crippen LogP contribution is -2.45. The molecule has 1 saturated heterocycles. The van der Waals surface area contributed by atoms with E-state index >= 15 is 0 Å². The molecule has 0 radical (unpaired) electrons. The third-order valence-corrected chi connectivity index (χ3v) is 3.78. The van der Waals surface area contributed by atoms with Crippen LogP contribution in [0.3, 0.4) is 0 Å². The van der Waals surface area contributed by atoms with E-state index in [2.05, 4.69) is 16.7 Å². The van der Waals surface area contributed by atoms with Crippen LogP contribution in [0.2, 0.25) is 0 Å². The highest BCUT2D eigenvalue weighted by atomic mass is 19.4. The maximum Gasteiger partial charge on any atom is 0.416 e. The highest BCUT2D eigenvalue weighted by molar-refractivity contribution is 5.31. The monoisotopic (exact) mass is 316 g/mol. The smallest absolute Gasteiger partial charge is 0.301 e. The number of piperazine rings is 1. The Morgan fingerprint density at radius 1 is 0.955 bits per heavy atom. The molecule has 1 aliphatic heterocycles. The SMILES string of the molecule is CC.CCN1CCN(Cc2cc(C)cc(C(F)(F)F)c2)CC1. The van der Waals surface area contributed by atoms with E-state index in [9.17, 15) is 13.2 Å². The second kappa shape index (κ2) is 8.53. The Morgan fingerprint density at radius 2 is 1.50 bits per heavy atom. The summed E-state index contributed by atoms with van der Waals surface area (Å²) in [5.41, 5.74) is 0.879. The molecule has 1 aromatic rings. The van der Waals surface area contributed by atoms with Gasteiger partial charge in [-0.15, -0.1) is 0 Å². The molecular weight excluding hydrogens is 289 g/mol. The highest BCUT2D eigenvalue weighted by Gasteiger charge is 2.31. The van der Waals surface area contributed by atoms with Crippen molar-refractivity contribution in [2.45, 2.75) is 40.4 Å². The molecule has 0 atom stereocenters. The second-order valence-electron chi connectivity index (χ2n) is 5.42. The van der Waals surface area contributed by atoms with E-state index in [4.69, 9.17) is 0 Å². The van der Waals surface area contributed by atoms with Crippen LogP contribution in [-0.2, 0) is 12.7 Å². The molecule has 0 spiro atoms. The molecule has 0 aliphatic carbocycles. The molecule has 1 aliphatic rings. The van der Waals surface area contributed by atoms with Crippen LogP contribution in [0.1, 0.15) is 37.5 Å². The predicted octanol–water partition coefficient (Wildman–Crippen LogP) is 4.18. The first-order valence-electron chi connectivity index (χ1n) is 8.01. The van der Waals surface area contributed by atoms with E-state index in [1.165, 1.54) is 12.1 Å². The Labute approximate surface area is 131 Å². The lowest BCUT2D eigenvalue weighted by atomic mass is 10.1. The van der Waals surface area contributed by atoms with Gasteiger partial charge >= 0.3 is 6.18 Å². The number of rotatable bonds is 3. The number of likely N-dealkylation sites (N-methyl/N-ethyl adjacent to an activating group) is 1. The molecule has 2 rings (SSSR count). The fourth-order valence-electron chi connectivity index (χ4n) is 2.64. The molecule has 22 heavy (non-hydrogen) atoms. The van der Waals surface area contributed by atoms with E-state index in [0.717, 1.165) is 38.3 Å². The Bertz CT molecular complexity index is 450. The van der Waals surface area contributed by atoms with Crippen LogP contribution < -0.4 is 0 Å². The van der Waals surface area contributed by atoms with Gasteiger partial charge < -0.3 is 4.90 Å². The first-order chi connectivity index (χ1) is 10.4. The molecule has 0 unspecified atom stereocenters. The molecule has 0 aromatic heterocycles. The van der Waals surface area contributed by atoms with Crippen molar-refractivity contribution in [3.8, 4) is 0 Å². The topological polar surface area (TPSA) is 6.48 Å². The van der Waals surface area contributed by atoms with E-state index in [1.54, 1.807) is 6.92 Å². The fraction of sp³-hybridized carbons (Fsp3) is 0.647. The maximum absolute atomic E-state index is 12.8. The minimum atomic E-state index is -4.26. The lowest BCUT2D eigenvalue weighted by molar-refractivity contribution is -0.137. The number of nitrogens with zero attached hydrogens (tertiary/aromatic N) is 2. The number of hydrogen-bond donors (Lipinski definition) is 0. The van der Waals surface area contributed by atoms with Crippen LogP contribution in [-0.4, -0.2) is 42.5 Å². The zero-order valence-corrected chi connectivity index (χ0v) is 14.0. The summed E-state index contributed by atoms with van der Waals surface area (Å²) < 4.78 is 38.4. The molecule has 0 bridgehead atoms. The van der Waals surface area contributed by atoms with E-state index in [0.29, 0.717) is 12.1 Å². The summed E-state index contributed by atoms with van der Waals surface area (Å²) in [5, 5.41) is 0. The predicted molar refractivity (Wildman–Crippen MR) is 84.9 cm³/mol. The van der Waals surface area contributed by atoms with Crippen LogP contribution in [0.4, 0.5) is 13.2 Å². The maximum atomic E-state index is 12.8. The molecule has 5 heteroatoms. The third-order valence-electron chi connectivity index (χ3n) is 3.78. The van der Waals surface area contributed by atoms with Crippen molar-refractivity contribution < 1.29 is 13.2 Å². The standard InChI is InChI=1S/C15H21F3N2.C2H6/c1-3-19-4-6-20(7-5-19)11-13-8-12(2)9-14(10-13)15(16,17)18;1-2/h8-10H,3-7,11H2,1-2H3;1-2H3. The molecule has 2 nitrogen and oxygen atoms in total. The largest absolute Gasteiger partial charge is 0.416 e. The number of benzene rings is 1. The van der Waals surface area contributed by atoms with Crippen molar-refractivity contribution in [2.75, 3.05) is 32.7 Å². The Hall–Kier alpha value is -1.07. The van der Waals surface area contributed by atoms with Gasteiger partial charge in [0.1, 0.15) is 0 Å². The van der Waals surface area contributed by atoms with Crippen molar-refractivity contribution in [1.29, 1.82) is 0 Å². The summed E-state index contributed by atoms with van der Waals surface area (Å²) in [4.78, 5) is 4.58. The van der Waals surface area contributed by atoms with Gasteiger partial charge in [0.15, 0.2) is 0 Å².